The molecule has 4 nitrogen and oxygen atoms in total. The van der Waals surface area contributed by atoms with Crippen LogP contribution in [0.25, 0.3) is 11.1 Å². The summed E-state index contributed by atoms with van der Waals surface area (Å²) in [5.41, 5.74) is -5.95. The molecule has 1 heterocycles. The molecule has 1 aliphatic rings. The first-order valence-corrected chi connectivity index (χ1v) is 11.4. The summed E-state index contributed by atoms with van der Waals surface area (Å²) in [5.74, 6) is -1.10. The van der Waals surface area contributed by atoms with Crippen LogP contribution in [0, 0.1) is 5.82 Å². The zero-order valence-corrected chi connectivity index (χ0v) is 20.2. The molecule has 0 fully saturated rings. The molecular weight excluding hydrogens is 541 g/mol. The fraction of sp³-hybridized carbons (Fsp3) is 0.231. The van der Waals surface area contributed by atoms with E-state index in [-0.39, 0.29) is 22.1 Å². The maximum Gasteiger partial charge on any atom is 0.431 e. The van der Waals surface area contributed by atoms with Crippen LogP contribution < -0.4 is 5.01 Å². The molecule has 0 radical (unpaired) electrons. The van der Waals surface area contributed by atoms with Gasteiger partial charge in [-0.2, -0.15) is 31.4 Å². The Morgan fingerprint density at radius 2 is 1.53 bits per heavy atom. The number of hydrazone groups is 1. The van der Waals surface area contributed by atoms with Crippen LogP contribution >= 0.6 is 11.6 Å². The second kappa shape index (κ2) is 9.70. The number of benzene rings is 3. The minimum Gasteiger partial charge on any atom is -0.369 e. The second-order valence-electron chi connectivity index (χ2n) is 8.64. The number of hydrogen-bond donors (Lipinski definition) is 1. The van der Waals surface area contributed by atoms with Gasteiger partial charge in [0, 0.05) is 17.5 Å². The molecule has 12 heteroatoms. The minimum atomic E-state index is -6.15. The van der Waals surface area contributed by atoms with Crippen molar-refractivity contribution in [2.24, 2.45) is 5.10 Å². The smallest absolute Gasteiger partial charge is 0.369 e. The molecule has 0 spiro atoms. The normalized spacial score (nSPS) is 16.5. The molecule has 0 aliphatic carbocycles. The number of ketones is 1. The lowest BCUT2D eigenvalue weighted by Crippen LogP contribution is -2.62. The molecule has 0 bridgehead atoms. The molecule has 1 unspecified atom stereocenters. The molecule has 1 aliphatic heterocycles. The third-order valence-electron chi connectivity index (χ3n) is 6.23. The first-order valence-electron chi connectivity index (χ1n) is 11.0. The Kier molecular flexibility index (Phi) is 7.04. The van der Waals surface area contributed by atoms with Gasteiger partial charge >= 0.3 is 12.4 Å². The van der Waals surface area contributed by atoms with E-state index in [9.17, 15) is 36.2 Å². The Morgan fingerprint density at radius 3 is 2.05 bits per heavy atom. The predicted octanol–water partition coefficient (Wildman–Crippen LogP) is 7.51. The summed E-state index contributed by atoms with van der Waals surface area (Å²) in [6, 6.07) is 14.0. The van der Waals surface area contributed by atoms with Crippen molar-refractivity contribution in [3.63, 3.8) is 0 Å². The number of halogens is 8. The highest BCUT2D eigenvalue weighted by Crippen LogP contribution is 2.49. The van der Waals surface area contributed by atoms with Crippen LogP contribution in [0.5, 0.6) is 0 Å². The number of Topliss-reactive ketones (excluding diaryl/α,β-unsaturated/α-hetero) is 1. The number of para-hydroxylation sites is 1. The van der Waals surface area contributed by atoms with Crippen LogP contribution in [0.1, 0.15) is 35.3 Å². The molecular formula is C26H18ClF7N2O2. The molecule has 200 valence electrons. The Labute approximate surface area is 217 Å². The van der Waals surface area contributed by atoms with Gasteiger partial charge in [0.25, 0.3) is 5.60 Å². The average molecular weight is 559 g/mol. The summed E-state index contributed by atoms with van der Waals surface area (Å²) >= 11 is 6.14. The van der Waals surface area contributed by atoms with Crippen molar-refractivity contribution in [3.05, 3.63) is 88.7 Å². The Bertz CT molecular complexity index is 1390. The number of nitrogens with zero attached hydrogens (tertiary/aromatic N) is 2. The topological polar surface area (TPSA) is 52.9 Å². The van der Waals surface area contributed by atoms with E-state index in [1.807, 2.05) is 0 Å². The first-order chi connectivity index (χ1) is 17.6. The van der Waals surface area contributed by atoms with Crippen molar-refractivity contribution >= 4 is 28.8 Å². The fourth-order valence-corrected chi connectivity index (χ4v) is 4.42. The van der Waals surface area contributed by atoms with Gasteiger partial charge in [0.1, 0.15) is 5.82 Å². The van der Waals surface area contributed by atoms with Gasteiger partial charge in [0.15, 0.2) is 5.78 Å². The molecule has 0 saturated carbocycles. The van der Waals surface area contributed by atoms with E-state index in [0.29, 0.717) is 16.7 Å². The first kappa shape index (κ1) is 27.6. The highest BCUT2D eigenvalue weighted by molar-refractivity contribution is 6.33. The van der Waals surface area contributed by atoms with Gasteiger partial charge in [-0.3, -0.25) is 9.80 Å². The van der Waals surface area contributed by atoms with Crippen molar-refractivity contribution in [1.29, 1.82) is 0 Å². The van der Waals surface area contributed by atoms with Crippen molar-refractivity contribution in [2.45, 2.75) is 37.3 Å². The van der Waals surface area contributed by atoms with Crippen LogP contribution in [0.2, 0.25) is 5.02 Å². The monoisotopic (exact) mass is 558 g/mol. The van der Waals surface area contributed by atoms with E-state index < -0.39 is 41.9 Å². The summed E-state index contributed by atoms with van der Waals surface area (Å²) in [6.07, 6.45) is -13.4. The largest absolute Gasteiger partial charge is 0.431 e. The lowest BCUT2D eigenvalue weighted by Gasteiger charge is -2.32. The van der Waals surface area contributed by atoms with Crippen LogP contribution in [0.15, 0.2) is 71.8 Å². The second-order valence-corrected chi connectivity index (χ2v) is 9.05. The van der Waals surface area contributed by atoms with Crippen LogP contribution in [0.3, 0.4) is 0 Å². The van der Waals surface area contributed by atoms with Crippen molar-refractivity contribution in [3.8, 4) is 11.1 Å². The molecule has 1 N–H and O–H groups in total. The summed E-state index contributed by atoms with van der Waals surface area (Å²) in [4.78, 5) is 11.5. The number of rotatable bonds is 5. The number of alkyl halides is 6. The number of carbonyl (C=O) groups excluding carboxylic acids is 1. The molecule has 0 amide bonds. The van der Waals surface area contributed by atoms with Gasteiger partial charge in [-0.1, -0.05) is 60.1 Å². The Morgan fingerprint density at radius 1 is 0.947 bits per heavy atom. The SMILES string of the molecule is CC(=O)c1ccc(-c2ccc(C3CC(C(O)(C(F)(F)F)C(F)(F)F)=NN3c3ccccc3Cl)c(F)c2)cc1. The van der Waals surface area contributed by atoms with E-state index in [1.165, 1.54) is 55.5 Å². The molecule has 3 aromatic rings. The fourth-order valence-electron chi connectivity index (χ4n) is 4.19. The van der Waals surface area contributed by atoms with Gasteiger partial charge in [0.05, 0.1) is 22.5 Å². The zero-order chi connectivity index (χ0) is 28.0. The lowest BCUT2D eigenvalue weighted by molar-refractivity contribution is -0.338. The van der Waals surface area contributed by atoms with Crippen molar-refractivity contribution in [1.82, 2.24) is 0 Å². The molecule has 3 aromatic carbocycles. The standard InChI is InChI=1S/C26H18ClF7N2O2/c1-14(37)15-6-8-16(9-7-15)17-10-11-18(20(28)12-17)22-13-23(24(38,25(29,30)31)26(32,33)34)35-36(22)21-5-3-2-4-19(21)27/h2-12,22,38H,13H2,1H3. The number of anilines is 1. The number of hydrogen-bond acceptors (Lipinski definition) is 4. The third kappa shape index (κ3) is 4.76. The molecule has 1 atom stereocenters. The quantitative estimate of drug-likeness (QED) is 0.260. The van der Waals surface area contributed by atoms with Gasteiger partial charge < -0.3 is 5.11 Å². The van der Waals surface area contributed by atoms with Gasteiger partial charge in [-0.05, 0) is 36.2 Å². The highest BCUT2D eigenvalue weighted by atomic mass is 35.5. The van der Waals surface area contributed by atoms with Crippen LogP contribution in [-0.2, 0) is 0 Å². The van der Waals surface area contributed by atoms with Crippen LogP contribution in [0.4, 0.5) is 36.4 Å². The summed E-state index contributed by atoms with van der Waals surface area (Å²) in [6.45, 7) is 1.38. The summed E-state index contributed by atoms with van der Waals surface area (Å²) in [5, 5.41) is 14.1. The summed E-state index contributed by atoms with van der Waals surface area (Å²) in [7, 11) is 0. The minimum absolute atomic E-state index is 0.0624. The maximum atomic E-state index is 15.4. The maximum absolute atomic E-state index is 15.4. The average Bonchev–Trinajstić information content (AvgIpc) is 3.27. The van der Waals surface area contributed by atoms with E-state index >= 15 is 4.39 Å². The van der Waals surface area contributed by atoms with Crippen molar-refractivity contribution < 1.29 is 40.6 Å². The molecule has 38 heavy (non-hydrogen) atoms. The molecule has 0 aromatic heterocycles. The van der Waals surface area contributed by atoms with Crippen LogP contribution in [-0.4, -0.2) is 34.6 Å². The Balaban J connectivity index is 1.80. The molecule has 4 rings (SSSR count). The van der Waals surface area contributed by atoms with E-state index in [1.54, 1.807) is 12.1 Å². The Hall–Kier alpha value is -3.44. The third-order valence-corrected chi connectivity index (χ3v) is 6.55. The van der Waals surface area contributed by atoms with Gasteiger partial charge in [0.2, 0.25) is 0 Å². The lowest BCUT2D eigenvalue weighted by atomic mass is 9.89. The van der Waals surface area contributed by atoms with E-state index in [4.69, 9.17) is 11.6 Å². The summed E-state index contributed by atoms with van der Waals surface area (Å²) < 4.78 is 97.0. The molecule has 0 saturated heterocycles. The zero-order valence-electron chi connectivity index (χ0n) is 19.4. The van der Waals surface area contributed by atoms with Gasteiger partial charge in [-0.15, -0.1) is 0 Å². The predicted molar refractivity (Wildman–Crippen MR) is 128 cm³/mol. The van der Waals surface area contributed by atoms with E-state index in [0.717, 1.165) is 11.1 Å². The number of aliphatic hydroxyl groups is 1. The van der Waals surface area contributed by atoms with Gasteiger partial charge in [-0.25, -0.2) is 4.39 Å². The highest BCUT2D eigenvalue weighted by Gasteiger charge is 2.74. The number of carbonyl (C=O) groups is 1. The van der Waals surface area contributed by atoms with Crippen molar-refractivity contribution in [2.75, 3.05) is 5.01 Å². The van der Waals surface area contributed by atoms with E-state index in [2.05, 4.69) is 5.10 Å².